The lowest BCUT2D eigenvalue weighted by molar-refractivity contribution is -0.108. The molecule has 23 heavy (non-hydrogen) atoms. The van der Waals surface area contributed by atoms with Crippen molar-refractivity contribution in [1.82, 2.24) is 5.32 Å². The summed E-state index contributed by atoms with van der Waals surface area (Å²) in [4.78, 5) is 21.9. The van der Waals surface area contributed by atoms with Crippen molar-refractivity contribution in [3.8, 4) is 0 Å². The van der Waals surface area contributed by atoms with E-state index in [2.05, 4.69) is 5.32 Å². The standard InChI is InChI=1S/C18H27NO4/c20-12-6-8-14-23-16-15-22-13-7-2-5-11-19-18(21)17-9-3-1-4-10-17/h1,3-4,9-10,12H,2,5-8,11,13-16H2,(H,19,21). The van der Waals surface area contributed by atoms with E-state index in [1.807, 2.05) is 30.3 Å². The summed E-state index contributed by atoms with van der Waals surface area (Å²) in [5.41, 5.74) is 0.698. The lowest BCUT2D eigenvalue weighted by atomic mass is 10.2. The molecule has 0 fully saturated rings. The average Bonchev–Trinajstić information content (AvgIpc) is 2.59. The monoisotopic (exact) mass is 321 g/mol. The SMILES string of the molecule is O=CCCCOCCOCCCCCNC(=O)c1ccccc1. The van der Waals surface area contributed by atoms with Crippen molar-refractivity contribution in [3.63, 3.8) is 0 Å². The summed E-state index contributed by atoms with van der Waals surface area (Å²) in [6.45, 7) is 3.18. The predicted octanol–water partition coefficient (Wildman–Crippen LogP) is 2.60. The van der Waals surface area contributed by atoms with Gasteiger partial charge in [0.1, 0.15) is 6.29 Å². The summed E-state index contributed by atoms with van der Waals surface area (Å²) >= 11 is 0. The Balaban J connectivity index is 1.83. The number of carbonyl (C=O) groups excluding carboxylic acids is 2. The van der Waals surface area contributed by atoms with E-state index in [4.69, 9.17) is 9.47 Å². The van der Waals surface area contributed by atoms with Gasteiger partial charge in [-0.15, -0.1) is 0 Å². The first-order chi connectivity index (χ1) is 11.3. The van der Waals surface area contributed by atoms with Crippen molar-refractivity contribution >= 4 is 12.2 Å². The molecule has 0 heterocycles. The minimum atomic E-state index is -0.0198. The number of aldehydes is 1. The zero-order valence-electron chi connectivity index (χ0n) is 13.7. The van der Waals surface area contributed by atoms with E-state index in [1.54, 1.807) is 0 Å². The maximum absolute atomic E-state index is 11.8. The first kappa shape index (κ1) is 19.3. The number of hydrogen-bond donors (Lipinski definition) is 1. The van der Waals surface area contributed by atoms with Crippen molar-refractivity contribution in [3.05, 3.63) is 35.9 Å². The van der Waals surface area contributed by atoms with Gasteiger partial charge in [-0.1, -0.05) is 18.2 Å². The lowest BCUT2D eigenvalue weighted by Gasteiger charge is -2.06. The zero-order chi connectivity index (χ0) is 16.6. The molecule has 1 amide bonds. The molecular formula is C18H27NO4. The Labute approximate surface area is 138 Å². The van der Waals surface area contributed by atoms with Crippen molar-refractivity contribution in [2.45, 2.75) is 32.1 Å². The molecule has 0 aliphatic carbocycles. The number of nitrogens with one attached hydrogen (secondary N) is 1. The summed E-state index contributed by atoms with van der Waals surface area (Å²) in [6, 6.07) is 9.23. The average molecular weight is 321 g/mol. The molecule has 0 aliphatic rings. The van der Waals surface area contributed by atoms with Crippen LogP contribution in [0.1, 0.15) is 42.5 Å². The Kier molecular flexibility index (Phi) is 11.7. The van der Waals surface area contributed by atoms with Crippen molar-refractivity contribution in [2.75, 3.05) is 33.0 Å². The van der Waals surface area contributed by atoms with E-state index >= 15 is 0 Å². The Morgan fingerprint density at radius 3 is 2.30 bits per heavy atom. The highest BCUT2D eigenvalue weighted by atomic mass is 16.5. The molecule has 0 aliphatic heterocycles. The Bertz CT molecular complexity index is 422. The molecule has 5 heteroatoms. The van der Waals surface area contributed by atoms with Crippen LogP contribution in [0.15, 0.2) is 30.3 Å². The summed E-state index contributed by atoms with van der Waals surface area (Å²) in [6.07, 6.45) is 5.19. The molecule has 0 aromatic heterocycles. The van der Waals surface area contributed by atoms with Gasteiger partial charge < -0.3 is 19.6 Å². The molecule has 0 bridgehead atoms. The maximum atomic E-state index is 11.8. The minimum absolute atomic E-state index is 0.0198. The largest absolute Gasteiger partial charge is 0.379 e. The minimum Gasteiger partial charge on any atom is -0.379 e. The molecule has 5 nitrogen and oxygen atoms in total. The molecule has 1 rings (SSSR count). The molecular weight excluding hydrogens is 294 g/mol. The summed E-state index contributed by atoms with van der Waals surface area (Å²) in [7, 11) is 0. The van der Waals surface area contributed by atoms with Gasteiger partial charge >= 0.3 is 0 Å². The van der Waals surface area contributed by atoms with Gasteiger partial charge in [-0.25, -0.2) is 0 Å². The van der Waals surface area contributed by atoms with Crippen LogP contribution in [0.2, 0.25) is 0 Å². The number of ether oxygens (including phenoxy) is 2. The Morgan fingerprint density at radius 1 is 0.913 bits per heavy atom. The van der Waals surface area contributed by atoms with Gasteiger partial charge in [0.2, 0.25) is 0 Å². The van der Waals surface area contributed by atoms with Crippen LogP contribution in [0.3, 0.4) is 0 Å². The second-order valence-corrected chi connectivity index (χ2v) is 5.22. The van der Waals surface area contributed by atoms with Crippen LogP contribution >= 0.6 is 0 Å². The molecule has 1 N–H and O–H groups in total. The molecule has 0 spiro atoms. The Morgan fingerprint density at radius 2 is 1.61 bits per heavy atom. The fraction of sp³-hybridized carbons (Fsp3) is 0.556. The second-order valence-electron chi connectivity index (χ2n) is 5.22. The number of benzene rings is 1. The van der Waals surface area contributed by atoms with E-state index in [-0.39, 0.29) is 5.91 Å². The fourth-order valence-corrected chi connectivity index (χ4v) is 1.99. The molecule has 0 saturated carbocycles. The molecule has 1 aromatic carbocycles. The summed E-state index contributed by atoms with van der Waals surface area (Å²) < 4.78 is 10.8. The molecule has 0 unspecified atom stereocenters. The molecule has 0 saturated heterocycles. The third-order valence-electron chi connectivity index (χ3n) is 3.27. The summed E-state index contributed by atoms with van der Waals surface area (Å²) in [5.74, 6) is -0.0198. The van der Waals surface area contributed by atoms with Gasteiger partial charge in [-0.3, -0.25) is 4.79 Å². The smallest absolute Gasteiger partial charge is 0.251 e. The number of hydrogen-bond acceptors (Lipinski definition) is 4. The lowest BCUT2D eigenvalue weighted by Crippen LogP contribution is -2.24. The van der Waals surface area contributed by atoms with Crippen LogP contribution in [0.5, 0.6) is 0 Å². The van der Waals surface area contributed by atoms with Crippen LogP contribution in [0.4, 0.5) is 0 Å². The van der Waals surface area contributed by atoms with Gasteiger partial charge in [-0.05, 0) is 37.8 Å². The van der Waals surface area contributed by atoms with Gasteiger partial charge in [0, 0.05) is 31.7 Å². The van der Waals surface area contributed by atoms with Crippen molar-refractivity contribution < 1.29 is 19.1 Å². The van der Waals surface area contributed by atoms with Crippen molar-refractivity contribution in [2.24, 2.45) is 0 Å². The van der Waals surface area contributed by atoms with E-state index < -0.39 is 0 Å². The van der Waals surface area contributed by atoms with Crippen molar-refractivity contribution in [1.29, 1.82) is 0 Å². The highest BCUT2D eigenvalue weighted by Crippen LogP contribution is 1.99. The van der Waals surface area contributed by atoms with Crippen LogP contribution in [0, 0.1) is 0 Å². The molecule has 1 aromatic rings. The fourth-order valence-electron chi connectivity index (χ4n) is 1.99. The second kappa shape index (κ2) is 13.9. The Hall–Kier alpha value is -1.72. The summed E-state index contributed by atoms with van der Waals surface area (Å²) in [5, 5.41) is 2.91. The van der Waals surface area contributed by atoms with E-state index in [0.29, 0.717) is 45.0 Å². The number of rotatable bonds is 14. The quantitative estimate of drug-likeness (QED) is 0.422. The zero-order valence-corrected chi connectivity index (χ0v) is 13.7. The van der Waals surface area contributed by atoms with Gasteiger partial charge in [-0.2, -0.15) is 0 Å². The molecule has 0 radical (unpaired) electrons. The first-order valence-corrected chi connectivity index (χ1v) is 8.27. The third-order valence-corrected chi connectivity index (χ3v) is 3.27. The normalized spacial score (nSPS) is 10.4. The highest BCUT2D eigenvalue weighted by Gasteiger charge is 2.02. The van der Waals surface area contributed by atoms with Gasteiger partial charge in [0.25, 0.3) is 5.91 Å². The van der Waals surface area contributed by atoms with Gasteiger partial charge in [0.05, 0.1) is 13.2 Å². The van der Waals surface area contributed by atoms with Crippen LogP contribution < -0.4 is 5.32 Å². The number of amides is 1. The first-order valence-electron chi connectivity index (χ1n) is 8.27. The van der Waals surface area contributed by atoms with Crippen LogP contribution in [-0.2, 0) is 14.3 Å². The number of unbranched alkanes of at least 4 members (excludes halogenated alkanes) is 3. The predicted molar refractivity (Wildman–Crippen MR) is 89.6 cm³/mol. The van der Waals surface area contributed by atoms with Crippen LogP contribution in [-0.4, -0.2) is 45.2 Å². The van der Waals surface area contributed by atoms with E-state index in [0.717, 1.165) is 32.0 Å². The molecule has 128 valence electrons. The van der Waals surface area contributed by atoms with Crippen LogP contribution in [0.25, 0.3) is 0 Å². The topological polar surface area (TPSA) is 64.6 Å². The molecule has 0 atom stereocenters. The van der Waals surface area contributed by atoms with E-state index in [1.165, 1.54) is 0 Å². The van der Waals surface area contributed by atoms with Gasteiger partial charge in [0.15, 0.2) is 0 Å². The number of carbonyl (C=O) groups is 2. The maximum Gasteiger partial charge on any atom is 0.251 e. The third kappa shape index (κ3) is 10.6. The van der Waals surface area contributed by atoms with E-state index in [9.17, 15) is 9.59 Å². The highest BCUT2D eigenvalue weighted by molar-refractivity contribution is 5.94.